The fourth-order valence-electron chi connectivity index (χ4n) is 0.136. The maximum absolute atomic E-state index is 5.48. The van der Waals surface area contributed by atoms with Gasteiger partial charge in [-0.1, -0.05) is 0 Å². The Balaban J connectivity index is 3.71. The van der Waals surface area contributed by atoms with Crippen molar-refractivity contribution in [3.05, 3.63) is 0 Å². The summed E-state index contributed by atoms with van der Waals surface area (Å²) in [6.45, 7) is 2.03. The Morgan fingerprint density at radius 2 is 1.88 bits per heavy atom. The zero-order valence-corrected chi connectivity index (χ0v) is 5.09. The molecule has 0 aromatic rings. The van der Waals surface area contributed by atoms with E-state index in [4.69, 9.17) is 22.9 Å². The molecule has 0 saturated heterocycles. The highest BCUT2D eigenvalue weighted by Gasteiger charge is 2.20. The van der Waals surface area contributed by atoms with E-state index in [2.05, 4.69) is 0 Å². The van der Waals surface area contributed by atoms with Crippen molar-refractivity contribution in [3.8, 4) is 0 Å². The monoisotopic (exact) mass is 118 g/mol. The molecular formula is C4H14N4. The summed E-state index contributed by atoms with van der Waals surface area (Å²) in [4.78, 5) is 0. The predicted octanol–water partition coefficient (Wildman–Crippen LogP) is -2.09. The molecule has 0 bridgehead atoms. The van der Waals surface area contributed by atoms with E-state index in [0.717, 1.165) is 0 Å². The normalized spacial score (nSPS) is 18.8. The van der Waals surface area contributed by atoms with Crippen LogP contribution in [0.15, 0.2) is 0 Å². The Labute approximate surface area is 49.2 Å². The van der Waals surface area contributed by atoms with Crippen LogP contribution in [0.25, 0.3) is 0 Å². The maximum Gasteiger partial charge on any atom is 0.0716 e. The third-order valence-electron chi connectivity index (χ3n) is 1.20. The van der Waals surface area contributed by atoms with Crippen LogP contribution in [0.4, 0.5) is 0 Å². The average molecular weight is 118 g/mol. The molecule has 4 nitrogen and oxygen atoms in total. The van der Waals surface area contributed by atoms with E-state index >= 15 is 0 Å². The van der Waals surface area contributed by atoms with Crippen molar-refractivity contribution in [1.82, 2.24) is 0 Å². The molecular weight excluding hydrogens is 104 g/mol. The van der Waals surface area contributed by atoms with Crippen molar-refractivity contribution in [2.45, 2.75) is 18.6 Å². The minimum absolute atomic E-state index is 0.310. The summed E-state index contributed by atoms with van der Waals surface area (Å²) in [5, 5.41) is 0. The summed E-state index contributed by atoms with van der Waals surface area (Å²) in [5.41, 5.74) is 20.6. The second-order valence-electron chi connectivity index (χ2n) is 2.24. The molecule has 0 saturated carbocycles. The summed E-state index contributed by atoms with van der Waals surface area (Å²) in [7, 11) is 0. The molecule has 0 aromatic heterocycles. The zero-order valence-electron chi connectivity index (χ0n) is 5.09. The minimum atomic E-state index is -0.625. The van der Waals surface area contributed by atoms with Gasteiger partial charge >= 0.3 is 0 Å². The molecule has 0 spiro atoms. The van der Waals surface area contributed by atoms with Gasteiger partial charge in [-0.15, -0.1) is 0 Å². The highest BCUT2D eigenvalue weighted by Crippen LogP contribution is 1.94. The van der Waals surface area contributed by atoms with Crippen molar-refractivity contribution >= 4 is 0 Å². The molecule has 50 valence electrons. The summed E-state index contributed by atoms with van der Waals surface area (Å²) in [5.74, 6) is 0. The van der Waals surface area contributed by atoms with Gasteiger partial charge in [0.15, 0.2) is 0 Å². The Morgan fingerprint density at radius 3 is 1.88 bits per heavy atom. The molecule has 1 unspecified atom stereocenters. The first-order valence-corrected chi connectivity index (χ1v) is 2.51. The summed E-state index contributed by atoms with van der Waals surface area (Å²) in [6.07, 6.45) is -0.535. The highest BCUT2D eigenvalue weighted by atomic mass is 15.0. The Morgan fingerprint density at radius 1 is 1.50 bits per heavy atom. The molecule has 0 aliphatic heterocycles. The molecule has 0 radical (unpaired) electrons. The number of rotatable bonds is 2. The quantitative estimate of drug-likeness (QED) is 0.312. The SMILES string of the molecule is CC(N)(CN)C(N)N. The second kappa shape index (κ2) is 2.41. The van der Waals surface area contributed by atoms with Crippen molar-refractivity contribution in [2.75, 3.05) is 6.54 Å². The van der Waals surface area contributed by atoms with E-state index < -0.39 is 11.7 Å². The van der Waals surface area contributed by atoms with Crippen LogP contribution in [-0.4, -0.2) is 18.2 Å². The lowest BCUT2D eigenvalue weighted by atomic mass is 10.0. The molecule has 0 aliphatic carbocycles. The van der Waals surface area contributed by atoms with E-state index in [0.29, 0.717) is 6.54 Å². The van der Waals surface area contributed by atoms with Gasteiger partial charge in [0, 0.05) is 6.54 Å². The summed E-state index contributed by atoms with van der Waals surface area (Å²) >= 11 is 0. The molecule has 0 aliphatic rings. The number of hydrogen-bond acceptors (Lipinski definition) is 4. The lowest BCUT2D eigenvalue weighted by Crippen LogP contribution is -2.62. The highest BCUT2D eigenvalue weighted by molar-refractivity contribution is 4.86. The molecule has 8 N–H and O–H groups in total. The van der Waals surface area contributed by atoms with E-state index in [1.165, 1.54) is 0 Å². The molecule has 8 heavy (non-hydrogen) atoms. The molecule has 0 fully saturated rings. The van der Waals surface area contributed by atoms with Gasteiger partial charge in [0.05, 0.1) is 11.7 Å². The second-order valence-corrected chi connectivity index (χ2v) is 2.24. The fourth-order valence-corrected chi connectivity index (χ4v) is 0.136. The summed E-state index contributed by atoms with van der Waals surface area (Å²) in [6, 6.07) is 0. The van der Waals surface area contributed by atoms with Gasteiger partial charge in [0.1, 0.15) is 0 Å². The van der Waals surface area contributed by atoms with Gasteiger partial charge in [-0.05, 0) is 6.92 Å². The molecule has 0 heterocycles. The van der Waals surface area contributed by atoms with Crippen LogP contribution in [0.2, 0.25) is 0 Å². The van der Waals surface area contributed by atoms with Gasteiger partial charge in [-0.2, -0.15) is 0 Å². The van der Waals surface area contributed by atoms with Crippen LogP contribution >= 0.6 is 0 Å². The number of nitrogens with two attached hydrogens (primary N) is 4. The molecule has 0 aromatic carbocycles. The van der Waals surface area contributed by atoms with Crippen molar-refractivity contribution in [2.24, 2.45) is 22.9 Å². The Hall–Kier alpha value is -0.160. The standard InChI is InChI=1S/C4H14N4/c1-4(8,2-5)3(6)7/h3H,2,5-8H2,1H3. The largest absolute Gasteiger partial charge is 0.329 e. The van der Waals surface area contributed by atoms with E-state index in [1.54, 1.807) is 6.92 Å². The van der Waals surface area contributed by atoms with Crippen LogP contribution < -0.4 is 22.9 Å². The van der Waals surface area contributed by atoms with Gasteiger partial charge in [0.25, 0.3) is 0 Å². The lowest BCUT2D eigenvalue weighted by molar-refractivity contribution is 0.392. The van der Waals surface area contributed by atoms with Crippen LogP contribution in [0, 0.1) is 0 Å². The molecule has 1 atom stereocenters. The summed E-state index contributed by atoms with van der Waals surface area (Å²) < 4.78 is 0. The Bertz CT molecular complexity index is 68.4. The third kappa shape index (κ3) is 1.75. The first kappa shape index (κ1) is 7.84. The minimum Gasteiger partial charge on any atom is -0.329 e. The topological polar surface area (TPSA) is 104 Å². The van der Waals surface area contributed by atoms with Gasteiger partial charge in [0.2, 0.25) is 0 Å². The van der Waals surface area contributed by atoms with Gasteiger partial charge < -0.3 is 22.9 Å². The molecule has 0 rings (SSSR count). The van der Waals surface area contributed by atoms with Crippen molar-refractivity contribution in [3.63, 3.8) is 0 Å². The molecule has 4 heteroatoms. The predicted molar refractivity (Wildman–Crippen MR) is 33.8 cm³/mol. The van der Waals surface area contributed by atoms with Crippen molar-refractivity contribution in [1.29, 1.82) is 0 Å². The maximum atomic E-state index is 5.48. The third-order valence-corrected chi connectivity index (χ3v) is 1.20. The Kier molecular flexibility index (Phi) is 2.36. The number of hydrogen-bond donors (Lipinski definition) is 4. The van der Waals surface area contributed by atoms with E-state index in [-0.39, 0.29) is 0 Å². The van der Waals surface area contributed by atoms with Crippen LogP contribution in [-0.2, 0) is 0 Å². The van der Waals surface area contributed by atoms with Crippen LogP contribution in [0.5, 0.6) is 0 Å². The van der Waals surface area contributed by atoms with E-state index in [9.17, 15) is 0 Å². The lowest BCUT2D eigenvalue weighted by Gasteiger charge is -2.26. The fraction of sp³-hybridized carbons (Fsp3) is 1.00. The van der Waals surface area contributed by atoms with Crippen LogP contribution in [0.3, 0.4) is 0 Å². The first-order chi connectivity index (χ1) is 3.50. The van der Waals surface area contributed by atoms with Crippen molar-refractivity contribution < 1.29 is 0 Å². The van der Waals surface area contributed by atoms with Crippen LogP contribution in [0.1, 0.15) is 6.92 Å². The van der Waals surface area contributed by atoms with Gasteiger partial charge in [-0.25, -0.2) is 0 Å². The zero-order chi connectivity index (χ0) is 6.78. The molecule has 0 amide bonds. The smallest absolute Gasteiger partial charge is 0.0716 e. The van der Waals surface area contributed by atoms with E-state index in [1.807, 2.05) is 0 Å². The van der Waals surface area contributed by atoms with Gasteiger partial charge in [-0.3, -0.25) is 0 Å². The average Bonchev–Trinajstić information content (AvgIpc) is 1.67. The first-order valence-electron chi connectivity index (χ1n) is 2.51.